The summed E-state index contributed by atoms with van der Waals surface area (Å²) in [5.74, 6) is 0. The van der Waals surface area contributed by atoms with Crippen LogP contribution in [0.5, 0.6) is 0 Å². The van der Waals surface area contributed by atoms with Crippen LogP contribution in [0.2, 0.25) is 0 Å². The summed E-state index contributed by atoms with van der Waals surface area (Å²) >= 11 is 0. The predicted molar refractivity (Wildman–Crippen MR) is 79.7 cm³/mol. The molecule has 1 atom stereocenters. The zero-order valence-corrected chi connectivity index (χ0v) is 12.1. The summed E-state index contributed by atoms with van der Waals surface area (Å²) in [4.78, 5) is 2.31. The molecule has 0 spiro atoms. The first-order valence-electron chi connectivity index (χ1n) is 7.02. The number of hydrogen-bond acceptors (Lipinski definition) is 3. The van der Waals surface area contributed by atoms with Gasteiger partial charge in [0.05, 0.1) is 6.07 Å². The molecule has 0 aliphatic heterocycles. The third-order valence-electron chi connectivity index (χ3n) is 3.64. The number of rotatable bonds is 8. The fourth-order valence-corrected chi connectivity index (χ4v) is 2.05. The Balaban J connectivity index is 2.22. The average Bonchev–Trinajstić information content (AvgIpc) is 2.46. The van der Waals surface area contributed by atoms with Gasteiger partial charge < -0.3 is 10.6 Å². The zero-order chi connectivity index (χ0) is 14.1. The Bertz CT molecular complexity index is 396. The third-order valence-corrected chi connectivity index (χ3v) is 3.64. The maximum Gasteiger partial charge on any atom is 0.104 e. The van der Waals surface area contributed by atoms with Crippen LogP contribution in [0.1, 0.15) is 31.7 Å². The van der Waals surface area contributed by atoms with Gasteiger partial charge in [-0.05, 0) is 44.8 Å². The number of likely N-dealkylation sites (N-methyl/N-ethyl adjacent to an activating group) is 1. The van der Waals surface area contributed by atoms with Crippen molar-refractivity contribution in [3.05, 3.63) is 35.9 Å². The summed E-state index contributed by atoms with van der Waals surface area (Å²) in [7, 11) is 2.12. The highest BCUT2D eigenvalue weighted by Crippen LogP contribution is 2.13. The lowest BCUT2D eigenvalue weighted by atomic mass is 9.93. The summed E-state index contributed by atoms with van der Waals surface area (Å²) in [6, 6.07) is 12.7. The van der Waals surface area contributed by atoms with Crippen molar-refractivity contribution in [2.24, 2.45) is 5.73 Å². The van der Waals surface area contributed by atoms with E-state index in [0.717, 1.165) is 38.8 Å². The molecule has 104 valence electrons. The quantitative estimate of drug-likeness (QED) is 0.780. The summed E-state index contributed by atoms with van der Waals surface area (Å²) < 4.78 is 0. The Labute approximate surface area is 117 Å². The third kappa shape index (κ3) is 5.87. The number of hydrogen-bond donors (Lipinski definition) is 1. The first-order valence-corrected chi connectivity index (χ1v) is 7.02. The minimum atomic E-state index is -0.639. The van der Waals surface area contributed by atoms with Gasteiger partial charge in [0.15, 0.2) is 0 Å². The Morgan fingerprint density at radius 2 is 1.95 bits per heavy atom. The zero-order valence-electron chi connectivity index (χ0n) is 12.1. The van der Waals surface area contributed by atoms with Crippen LogP contribution in [0.25, 0.3) is 0 Å². The normalized spacial score (nSPS) is 14.1. The summed E-state index contributed by atoms with van der Waals surface area (Å²) in [6.45, 7) is 4.01. The van der Waals surface area contributed by atoms with Crippen LogP contribution in [-0.4, -0.2) is 30.6 Å². The lowest BCUT2D eigenvalue weighted by Crippen LogP contribution is -2.38. The summed E-state index contributed by atoms with van der Waals surface area (Å²) in [5.41, 5.74) is 6.70. The maximum absolute atomic E-state index is 9.01. The molecule has 0 saturated heterocycles. The van der Waals surface area contributed by atoms with Crippen molar-refractivity contribution >= 4 is 0 Å². The monoisotopic (exact) mass is 259 g/mol. The van der Waals surface area contributed by atoms with E-state index in [4.69, 9.17) is 11.0 Å². The van der Waals surface area contributed by atoms with Gasteiger partial charge in [0.2, 0.25) is 0 Å². The van der Waals surface area contributed by atoms with Crippen LogP contribution in [0.15, 0.2) is 30.3 Å². The molecule has 2 N–H and O–H groups in total. The lowest BCUT2D eigenvalue weighted by molar-refractivity contribution is 0.314. The minimum Gasteiger partial charge on any atom is -0.313 e. The molecule has 0 aliphatic rings. The van der Waals surface area contributed by atoms with E-state index in [0.29, 0.717) is 0 Å². The van der Waals surface area contributed by atoms with Crippen molar-refractivity contribution in [1.82, 2.24) is 4.90 Å². The van der Waals surface area contributed by atoms with Crippen molar-refractivity contribution < 1.29 is 0 Å². The summed E-state index contributed by atoms with van der Waals surface area (Å²) in [5, 5.41) is 9.01. The molecule has 0 aromatic heterocycles. The molecule has 0 amide bonds. The van der Waals surface area contributed by atoms with E-state index in [-0.39, 0.29) is 0 Å². The van der Waals surface area contributed by atoms with Gasteiger partial charge in [-0.25, -0.2) is 0 Å². The van der Waals surface area contributed by atoms with Crippen molar-refractivity contribution in [2.45, 2.75) is 38.1 Å². The highest BCUT2D eigenvalue weighted by atomic mass is 15.1. The van der Waals surface area contributed by atoms with Crippen molar-refractivity contribution in [3.8, 4) is 6.07 Å². The molecule has 0 fully saturated rings. The van der Waals surface area contributed by atoms with E-state index < -0.39 is 5.54 Å². The van der Waals surface area contributed by atoms with E-state index in [2.05, 4.69) is 42.3 Å². The number of nitrogens with two attached hydrogens (primary N) is 1. The van der Waals surface area contributed by atoms with Gasteiger partial charge in [-0.2, -0.15) is 5.26 Å². The Morgan fingerprint density at radius 3 is 2.53 bits per heavy atom. The highest BCUT2D eigenvalue weighted by molar-refractivity contribution is 5.14. The van der Waals surface area contributed by atoms with Crippen molar-refractivity contribution in [3.63, 3.8) is 0 Å². The van der Waals surface area contributed by atoms with Gasteiger partial charge in [-0.1, -0.05) is 37.3 Å². The van der Waals surface area contributed by atoms with E-state index in [1.165, 1.54) is 5.56 Å². The van der Waals surface area contributed by atoms with Crippen LogP contribution < -0.4 is 5.73 Å². The number of nitriles is 1. The van der Waals surface area contributed by atoms with Crippen molar-refractivity contribution in [2.75, 3.05) is 20.1 Å². The molecular weight excluding hydrogens is 234 g/mol. The standard InChI is InChI=1S/C16H25N3/c1-3-16(18,14-17)11-7-12-19(2)13-10-15-8-5-4-6-9-15/h4-6,8-9H,3,7,10-13,18H2,1-2H3. The molecule has 1 aromatic rings. The second kappa shape index (κ2) is 7.93. The van der Waals surface area contributed by atoms with Gasteiger partial charge in [0.25, 0.3) is 0 Å². The average molecular weight is 259 g/mol. The smallest absolute Gasteiger partial charge is 0.104 e. The molecule has 0 saturated carbocycles. The van der Waals surface area contributed by atoms with Gasteiger partial charge in [-0.15, -0.1) is 0 Å². The topological polar surface area (TPSA) is 53.1 Å². The molecule has 0 bridgehead atoms. The molecule has 19 heavy (non-hydrogen) atoms. The lowest BCUT2D eigenvalue weighted by Gasteiger charge is -2.22. The maximum atomic E-state index is 9.01. The van der Waals surface area contributed by atoms with Gasteiger partial charge in [-0.3, -0.25) is 0 Å². The summed E-state index contributed by atoms with van der Waals surface area (Å²) in [6.07, 6.45) is 3.53. The van der Waals surface area contributed by atoms with Crippen LogP contribution in [-0.2, 0) is 6.42 Å². The SMILES string of the molecule is CCC(N)(C#N)CCCN(C)CCc1ccccc1. The van der Waals surface area contributed by atoms with E-state index in [9.17, 15) is 0 Å². The molecule has 0 heterocycles. The Hall–Kier alpha value is -1.37. The largest absolute Gasteiger partial charge is 0.313 e. The van der Waals surface area contributed by atoms with E-state index >= 15 is 0 Å². The highest BCUT2D eigenvalue weighted by Gasteiger charge is 2.21. The van der Waals surface area contributed by atoms with Crippen LogP contribution >= 0.6 is 0 Å². The molecule has 0 aliphatic carbocycles. The second-order valence-corrected chi connectivity index (χ2v) is 5.26. The predicted octanol–water partition coefficient (Wildman–Crippen LogP) is 2.57. The Kier molecular flexibility index (Phi) is 6.55. The first kappa shape index (κ1) is 15.7. The molecule has 3 nitrogen and oxygen atoms in total. The van der Waals surface area contributed by atoms with E-state index in [1.54, 1.807) is 0 Å². The molecule has 1 aromatic carbocycles. The van der Waals surface area contributed by atoms with Gasteiger partial charge >= 0.3 is 0 Å². The van der Waals surface area contributed by atoms with Gasteiger partial charge in [0.1, 0.15) is 5.54 Å². The van der Waals surface area contributed by atoms with Gasteiger partial charge in [0, 0.05) is 6.54 Å². The van der Waals surface area contributed by atoms with E-state index in [1.807, 2.05) is 13.0 Å². The molecule has 1 unspecified atom stereocenters. The molecule has 1 rings (SSSR count). The van der Waals surface area contributed by atoms with Crippen LogP contribution in [0.4, 0.5) is 0 Å². The Morgan fingerprint density at radius 1 is 1.26 bits per heavy atom. The molecule has 3 heteroatoms. The fraction of sp³-hybridized carbons (Fsp3) is 0.562. The minimum absolute atomic E-state index is 0.639. The number of benzene rings is 1. The van der Waals surface area contributed by atoms with Crippen LogP contribution in [0, 0.1) is 11.3 Å². The van der Waals surface area contributed by atoms with Crippen molar-refractivity contribution in [1.29, 1.82) is 5.26 Å². The first-order chi connectivity index (χ1) is 9.09. The molecular formula is C16H25N3. The number of nitrogens with zero attached hydrogens (tertiary/aromatic N) is 2. The second-order valence-electron chi connectivity index (χ2n) is 5.26. The molecule has 0 radical (unpaired) electrons. The fourth-order valence-electron chi connectivity index (χ4n) is 2.05. The van der Waals surface area contributed by atoms with Crippen LogP contribution in [0.3, 0.4) is 0 Å².